The number of hydrogen-bond acceptors (Lipinski definition) is 2. The van der Waals surface area contributed by atoms with E-state index >= 15 is 0 Å². The average Bonchev–Trinajstić information content (AvgIpc) is 2.25. The smallest absolute Gasteiger partial charge is 0.159 e. The van der Waals surface area contributed by atoms with Crippen molar-refractivity contribution < 1.29 is 4.74 Å². The lowest BCUT2D eigenvalue weighted by atomic mass is 10.1. The van der Waals surface area contributed by atoms with E-state index in [9.17, 15) is 0 Å². The van der Waals surface area contributed by atoms with E-state index in [2.05, 4.69) is 13.8 Å². The van der Waals surface area contributed by atoms with Crippen LogP contribution in [0.15, 0.2) is 0 Å². The summed E-state index contributed by atoms with van der Waals surface area (Å²) in [5.74, 6) is 0. The first-order valence-electron chi connectivity index (χ1n) is 6.46. The fourth-order valence-corrected chi connectivity index (χ4v) is 1.74. The van der Waals surface area contributed by atoms with Crippen molar-refractivity contribution in [2.24, 2.45) is 0 Å². The molecule has 0 N–H and O–H groups in total. The lowest BCUT2D eigenvalue weighted by Gasteiger charge is -2.05. The van der Waals surface area contributed by atoms with E-state index in [0.717, 1.165) is 24.5 Å². The second-order valence-electron chi connectivity index (χ2n) is 4.09. The van der Waals surface area contributed by atoms with Gasteiger partial charge in [-0.25, -0.2) is 0 Å². The summed E-state index contributed by atoms with van der Waals surface area (Å²) >= 11 is 5.12. The SMILES string of the molecule is CCCCCCCCCC(=S)OCCC. The number of hydrogen-bond donors (Lipinski definition) is 0. The van der Waals surface area contributed by atoms with Crippen LogP contribution >= 0.6 is 12.2 Å². The third kappa shape index (κ3) is 11.8. The van der Waals surface area contributed by atoms with Crippen LogP contribution in [-0.4, -0.2) is 11.7 Å². The molecule has 0 aliphatic heterocycles. The van der Waals surface area contributed by atoms with Gasteiger partial charge in [0.25, 0.3) is 0 Å². The van der Waals surface area contributed by atoms with Crippen molar-refractivity contribution in [3.63, 3.8) is 0 Å². The zero-order valence-corrected chi connectivity index (χ0v) is 11.2. The Morgan fingerprint density at radius 1 is 0.867 bits per heavy atom. The van der Waals surface area contributed by atoms with Gasteiger partial charge < -0.3 is 4.74 Å². The van der Waals surface area contributed by atoms with Gasteiger partial charge in [-0.3, -0.25) is 0 Å². The number of unbranched alkanes of at least 4 members (excludes halogenated alkanes) is 6. The third-order valence-electron chi connectivity index (χ3n) is 2.45. The number of rotatable bonds is 10. The van der Waals surface area contributed by atoms with Gasteiger partial charge in [-0.2, -0.15) is 0 Å². The van der Waals surface area contributed by atoms with Crippen LogP contribution < -0.4 is 0 Å². The fraction of sp³-hybridized carbons (Fsp3) is 0.923. The lowest BCUT2D eigenvalue weighted by Crippen LogP contribution is -2.02. The Hall–Kier alpha value is -0.110. The van der Waals surface area contributed by atoms with Crippen LogP contribution in [0.25, 0.3) is 0 Å². The van der Waals surface area contributed by atoms with E-state index < -0.39 is 0 Å². The summed E-state index contributed by atoms with van der Waals surface area (Å²) in [7, 11) is 0. The molecule has 0 saturated carbocycles. The van der Waals surface area contributed by atoms with Crippen LogP contribution in [0.2, 0.25) is 0 Å². The van der Waals surface area contributed by atoms with Crippen molar-refractivity contribution in [2.75, 3.05) is 6.61 Å². The van der Waals surface area contributed by atoms with E-state index in [4.69, 9.17) is 17.0 Å². The van der Waals surface area contributed by atoms with E-state index in [1.54, 1.807) is 0 Å². The van der Waals surface area contributed by atoms with Gasteiger partial charge in [-0.05, 0) is 25.1 Å². The van der Waals surface area contributed by atoms with E-state index in [1.807, 2.05) is 0 Å². The highest BCUT2D eigenvalue weighted by atomic mass is 32.1. The minimum Gasteiger partial charge on any atom is -0.487 e. The summed E-state index contributed by atoms with van der Waals surface area (Å²) in [6.07, 6.45) is 11.4. The quantitative estimate of drug-likeness (QED) is 0.391. The van der Waals surface area contributed by atoms with Gasteiger partial charge in [-0.15, -0.1) is 0 Å². The maximum atomic E-state index is 5.37. The second-order valence-corrected chi connectivity index (χ2v) is 4.55. The molecule has 0 heterocycles. The van der Waals surface area contributed by atoms with Crippen LogP contribution in [0.5, 0.6) is 0 Å². The second kappa shape index (κ2) is 12.0. The molecule has 0 amide bonds. The number of thiocarbonyl (C=S) groups is 1. The Morgan fingerprint density at radius 3 is 2.07 bits per heavy atom. The predicted octanol–water partition coefficient (Wildman–Crippen LogP) is 4.88. The summed E-state index contributed by atoms with van der Waals surface area (Å²) in [5.41, 5.74) is 0. The van der Waals surface area contributed by atoms with E-state index in [0.29, 0.717) is 0 Å². The monoisotopic (exact) mass is 230 g/mol. The summed E-state index contributed by atoms with van der Waals surface area (Å²) in [6, 6.07) is 0. The molecule has 0 saturated heterocycles. The molecule has 0 aromatic rings. The molecule has 0 unspecified atom stereocenters. The standard InChI is InChI=1S/C13H26OS/c1-3-5-6-7-8-9-10-11-13(15)14-12-4-2/h3-12H2,1-2H3. The molecular weight excluding hydrogens is 204 g/mol. The van der Waals surface area contributed by atoms with E-state index in [1.165, 1.54) is 44.9 Å². The summed E-state index contributed by atoms with van der Waals surface area (Å²) in [4.78, 5) is 0. The van der Waals surface area contributed by atoms with Gasteiger partial charge in [0.05, 0.1) is 6.61 Å². The summed E-state index contributed by atoms with van der Waals surface area (Å²) in [5, 5.41) is 0.811. The van der Waals surface area contributed by atoms with Crippen molar-refractivity contribution in [1.29, 1.82) is 0 Å². The van der Waals surface area contributed by atoms with Gasteiger partial charge in [0.1, 0.15) is 0 Å². The first-order chi connectivity index (χ1) is 7.31. The molecule has 0 radical (unpaired) electrons. The molecule has 0 aliphatic rings. The molecule has 0 spiro atoms. The Labute approximate surface area is 101 Å². The molecule has 0 atom stereocenters. The van der Waals surface area contributed by atoms with Crippen molar-refractivity contribution in [1.82, 2.24) is 0 Å². The minimum atomic E-state index is 0.787. The first-order valence-corrected chi connectivity index (χ1v) is 6.87. The fourth-order valence-electron chi connectivity index (χ4n) is 1.51. The van der Waals surface area contributed by atoms with Gasteiger partial charge in [-0.1, -0.05) is 52.4 Å². The Balaban J connectivity index is 3.06. The highest BCUT2D eigenvalue weighted by Crippen LogP contribution is 2.09. The maximum absolute atomic E-state index is 5.37. The average molecular weight is 230 g/mol. The van der Waals surface area contributed by atoms with Crippen molar-refractivity contribution in [3.8, 4) is 0 Å². The van der Waals surface area contributed by atoms with Gasteiger partial charge in [0.2, 0.25) is 0 Å². The highest BCUT2D eigenvalue weighted by molar-refractivity contribution is 7.80. The predicted molar refractivity (Wildman–Crippen MR) is 71.5 cm³/mol. The Morgan fingerprint density at radius 2 is 1.47 bits per heavy atom. The molecule has 0 rings (SSSR count). The summed E-state index contributed by atoms with van der Waals surface area (Å²) < 4.78 is 5.37. The van der Waals surface area contributed by atoms with Crippen molar-refractivity contribution >= 4 is 17.3 Å². The maximum Gasteiger partial charge on any atom is 0.159 e. The molecule has 90 valence electrons. The summed E-state index contributed by atoms with van der Waals surface area (Å²) in [6.45, 7) is 5.15. The first kappa shape index (κ1) is 14.9. The zero-order valence-electron chi connectivity index (χ0n) is 10.4. The lowest BCUT2D eigenvalue weighted by molar-refractivity contribution is 0.303. The molecule has 0 aromatic heterocycles. The van der Waals surface area contributed by atoms with Crippen molar-refractivity contribution in [2.45, 2.75) is 71.6 Å². The number of ether oxygens (including phenoxy) is 1. The van der Waals surface area contributed by atoms with Gasteiger partial charge >= 0.3 is 0 Å². The third-order valence-corrected chi connectivity index (χ3v) is 2.77. The molecule has 0 fully saturated rings. The van der Waals surface area contributed by atoms with Crippen molar-refractivity contribution in [3.05, 3.63) is 0 Å². The van der Waals surface area contributed by atoms with Gasteiger partial charge in [0.15, 0.2) is 5.05 Å². The molecule has 0 aromatic carbocycles. The molecule has 1 nitrogen and oxygen atoms in total. The Kier molecular flexibility index (Phi) is 11.9. The molecule has 15 heavy (non-hydrogen) atoms. The van der Waals surface area contributed by atoms with Crippen LogP contribution in [0, 0.1) is 0 Å². The highest BCUT2D eigenvalue weighted by Gasteiger charge is 1.97. The topological polar surface area (TPSA) is 9.23 Å². The zero-order chi connectivity index (χ0) is 11.4. The van der Waals surface area contributed by atoms with Gasteiger partial charge in [0, 0.05) is 6.42 Å². The Bertz CT molecular complexity index is 145. The van der Waals surface area contributed by atoms with Crippen LogP contribution in [0.3, 0.4) is 0 Å². The van der Waals surface area contributed by atoms with Crippen LogP contribution in [0.4, 0.5) is 0 Å². The molecule has 0 aliphatic carbocycles. The largest absolute Gasteiger partial charge is 0.487 e. The van der Waals surface area contributed by atoms with Crippen LogP contribution in [-0.2, 0) is 4.74 Å². The molecule has 2 heteroatoms. The molecular formula is C13H26OS. The van der Waals surface area contributed by atoms with Crippen LogP contribution in [0.1, 0.15) is 71.6 Å². The minimum absolute atomic E-state index is 0.787. The van der Waals surface area contributed by atoms with E-state index in [-0.39, 0.29) is 0 Å². The normalized spacial score (nSPS) is 10.3. The molecule has 0 bridgehead atoms.